The number of carbonyl (C=O) groups excluding carboxylic acids is 2. The van der Waals surface area contributed by atoms with E-state index in [-0.39, 0.29) is 11.7 Å². The lowest BCUT2D eigenvalue weighted by Gasteiger charge is -2.27. The molecule has 1 aliphatic rings. The van der Waals surface area contributed by atoms with E-state index < -0.39 is 6.03 Å². The Morgan fingerprint density at radius 2 is 2.15 bits per heavy atom. The van der Waals surface area contributed by atoms with Gasteiger partial charge in [-0.05, 0) is 17.9 Å². The van der Waals surface area contributed by atoms with E-state index in [0.29, 0.717) is 24.9 Å². The Hall–Kier alpha value is -2.11. The van der Waals surface area contributed by atoms with E-state index in [0.717, 1.165) is 25.5 Å². The molecule has 146 valence electrons. The smallest absolute Gasteiger partial charge is 0.321 e. The lowest BCUT2D eigenvalue weighted by atomic mass is 10.3. The number of anilines is 1. The molecule has 0 saturated carbocycles. The number of hydrogen-bond acceptors (Lipinski definition) is 8. The van der Waals surface area contributed by atoms with Crippen LogP contribution in [-0.4, -0.2) is 65.3 Å². The molecule has 11 heteroatoms. The lowest BCUT2D eigenvalue weighted by Crippen LogP contribution is -2.41. The Balaban J connectivity index is 1.39. The predicted octanol–water partition coefficient (Wildman–Crippen LogP) is 0.874. The Kier molecular flexibility index (Phi) is 7.07. The number of morpholine rings is 1. The lowest BCUT2D eigenvalue weighted by molar-refractivity contribution is -0.117. The highest BCUT2D eigenvalue weighted by atomic mass is 32.2. The first-order valence-electron chi connectivity index (χ1n) is 8.58. The largest absolute Gasteiger partial charge is 0.378 e. The maximum absolute atomic E-state index is 12.0. The molecule has 2 aromatic rings. The zero-order chi connectivity index (χ0) is 19.1. The number of aromatic nitrogens is 3. The van der Waals surface area contributed by atoms with Crippen molar-refractivity contribution >= 4 is 41.0 Å². The molecule has 3 amide bonds. The monoisotopic (exact) mass is 410 g/mol. The van der Waals surface area contributed by atoms with Crippen molar-refractivity contribution in [2.45, 2.75) is 11.6 Å². The summed E-state index contributed by atoms with van der Waals surface area (Å²) >= 11 is 2.89. The predicted molar refractivity (Wildman–Crippen MR) is 104 cm³/mol. The van der Waals surface area contributed by atoms with Gasteiger partial charge in [0.25, 0.3) is 0 Å². The molecule has 0 atom stereocenters. The molecule has 0 radical (unpaired) electrons. The van der Waals surface area contributed by atoms with Crippen molar-refractivity contribution in [3.63, 3.8) is 0 Å². The van der Waals surface area contributed by atoms with E-state index in [2.05, 4.69) is 25.7 Å². The average Bonchev–Trinajstić information content (AvgIpc) is 3.30. The normalized spacial score (nSPS) is 14.2. The molecule has 2 N–H and O–H groups in total. The minimum Gasteiger partial charge on any atom is -0.378 e. The van der Waals surface area contributed by atoms with Crippen LogP contribution < -0.4 is 15.5 Å². The summed E-state index contributed by atoms with van der Waals surface area (Å²) < 4.78 is 7.19. The van der Waals surface area contributed by atoms with Crippen LogP contribution in [0.2, 0.25) is 0 Å². The average molecular weight is 411 g/mol. The number of nitrogens with zero attached hydrogens (tertiary/aromatic N) is 4. The topological polar surface area (TPSA) is 101 Å². The molecule has 1 aliphatic heterocycles. The van der Waals surface area contributed by atoms with Crippen LogP contribution in [0.25, 0.3) is 0 Å². The third kappa shape index (κ3) is 5.68. The number of amides is 3. The third-order valence-corrected chi connectivity index (χ3v) is 5.88. The molecular formula is C16H22N6O3S2. The fourth-order valence-electron chi connectivity index (χ4n) is 2.56. The second-order valence-electron chi connectivity index (χ2n) is 5.86. The SMILES string of the molecule is Cn1c(SCC(=O)NC(=O)NCCc2cccs2)nnc1N1CCOCC1. The van der Waals surface area contributed by atoms with Crippen LogP contribution in [0.5, 0.6) is 0 Å². The Morgan fingerprint density at radius 1 is 1.33 bits per heavy atom. The number of nitrogens with one attached hydrogen (secondary N) is 2. The molecule has 3 heterocycles. The molecule has 2 aromatic heterocycles. The maximum atomic E-state index is 12.0. The minimum absolute atomic E-state index is 0.0907. The van der Waals surface area contributed by atoms with Crippen LogP contribution in [0, 0.1) is 0 Å². The summed E-state index contributed by atoms with van der Waals surface area (Å²) in [6, 6.07) is 3.50. The molecule has 1 fully saturated rings. The fourth-order valence-corrected chi connectivity index (χ4v) is 3.98. The maximum Gasteiger partial charge on any atom is 0.321 e. The second-order valence-corrected chi connectivity index (χ2v) is 7.84. The van der Waals surface area contributed by atoms with Gasteiger partial charge in [0.15, 0.2) is 5.16 Å². The molecule has 0 unspecified atom stereocenters. The van der Waals surface area contributed by atoms with Gasteiger partial charge in [0, 0.05) is 31.6 Å². The van der Waals surface area contributed by atoms with Gasteiger partial charge in [-0.1, -0.05) is 17.8 Å². The third-order valence-electron chi connectivity index (χ3n) is 3.93. The number of imide groups is 1. The zero-order valence-electron chi connectivity index (χ0n) is 15.0. The standard InChI is InChI=1S/C16H22N6O3S2/c1-21-15(22-6-8-25-9-7-22)19-20-16(21)27-11-13(23)18-14(24)17-5-4-12-3-2-10-26-12/h2-3,10H,4-9,11H2,1H3,(H2,17,18,23,24). The highest BCUT2D eigenvalue weighted by Gasteiger charge is 2.19. The number of hydrogen-bond donors (Lipinski definition) is 2. The van der Waals surface area contributed by atoms with Gasteiger partial charge in [-0.15, -0.1) is 21.5 Å². The van der Waals surface area contributed by atoms with Gasteiger partial charge in [0.1, 0.15) is 0 Å². The number of rotatable bonds is 7. The van der Waals surface area contributed by atoms with Crippen molar-refractivity contribution in [3.05, 3.63) is 22.4 Å². The molecule has 9 nitrogen and oxygen atoms in total. The van der Waals surface area contributed by atoms with Gasteiger partial charge in [-0.25, -0.2) is 4.79 Å². The first-order valence-corrected chi connectivity index (χ1v) is 10.4. The summed E-state index contributed by atoms with van der Waals surface area (Å²) in [5.41, 5.74) is 0. The van der Waals surface area contributed by atoms with Crippen molar-refractivity contribution in [2.75, 3.05) is 43.5 Å². The van der Waals surface area contributed by atoms with Gasteiger partial charge in [-0.2, -0.15) is 0 Å². The number of urea groups is 1. The summed E-state index contributed by atoms with van der Waals surface area (Å²) in [5, 5.41) is 16.0. The summed E-state index contributed by atoms with van der Waals surface area (Å²) in [6.45, 7) is 3.35. The van der Waals surface area contributed by atoms with E-state index in [1.54, 1.807) is 11.3 Å². The van der Waals surface area contributed by atoms with Gasteiger partial charge < -0.3 is 15.0 Å². The molecule has 0 aliphatic carbocycles. The van der Waals surface area contributed by atoms with Gasteiger partial charge in [-0.3, -0.25) is 14.7 Å². The second kappa shape index (κ2) is 9.72. The number of ether oxygens (including phenoxy) is 1. The van der Waals surface area contributed by atoms with Crippen LogP contribution in [0.15, 0.2) is 22.7 Å². The van der Waals surface area contributed by atoms with E-state index in [1.165, 1.54) is 16.6 Å². The van der Waals surface area contributed by atoms with E-state index in [4.69, 9.17) is 4.74 Å². The molecule has 3 rings (SSSR count). The first-order chi connectivity index (χ1) is 13.1. The Bertz CT molecular complexity index is 758. The molecular weight excluding hydrogens is 388 g/mol. The van der Waals surface area contributed by atoms with Gasteiger partial charge in [0.05, 0.1) is 19.0 Å². The summed E-state index contributed by atoms with van der Waals surface area (Å²) in [5.74, 6) is 0.477. The number of thiophene rings is 1. The molecule has 27 heavy (non-hydrogen) atoms. The van der Waals surface area contributed by atoms with E-state index in [9.17, 15) is 9.59 Å². The first kappa shape index (κ1) is 19.6. The Morgan fingerprint density at radius 3 is 2.89 bits per heavy atom. The van der Waals surface area contributed by atoms with E-state index >= 15 is 0 Å². The van der Waals surface area contributed by atoms with Crippen molar-refractivity contribution < 1.29 is 14.3 Å². The number of thioether (sulfide) groups is 1. The van der Waals surface area contributed by atoms with Crippen molar-refractivity contribution in [1.82, 2.24) is 25.4 Å². The highest BCUT2D eigenvalue weighted by Crippen LogP contribution is 2.20. The zero-order valence-corrected chi connectivity index (χ0v) is 16.6. The molecule has 0 aromatic carbocycles. The minimum atomic E-state index is -0.482. The quantitative estimate of drug-likeness (QED) is 0.653. The van der Waals surface area contributed by atoms with Crippen LogP contribution in [0.1, 0.15) is 4.88 Å². The van der Waals surface area contributed by atoms with Gasteiger partial charge >= 0.3 is 6.03 Å². The van der Waals surface area contributed by atoms with Gasteiger partial charge in [0.2, 0.25) is 11.9 Å². The summed E-state index contributed by atoms with van der Waals surface area (Å²) in [4.78, 5) is 27.0. The van der Waals surface area contributed by atoms with E-state index in [1.807, 2.05) is 29.1 Å². The molecule has 0 spiro atoms. The van der Waals surface area contributed by atoms with Crippen LogP contribution in [0.3, 0.4) is 0 Å². The number of carbonyl (C=O) groups is 2. The summed E-state index contributed by atoms with van der Waals surface area (Å²) in [6.07, 6.45) is 0.747. The fraction of sp³-hybridized carbons (Fsp3) is 0.500. The Labute approximate surface area is 165 Å². The van der Waals surface area contributed by atoms with Crippen LogP contribution in [-0.2, 0) is 23.0 Å². The summed E-state index contributed by atoms with van der Waals surface area (Å²) in [7, 11) is 1.86. The van der Waals surface area contributed by atoms with Crippen molar-refractivity contribution in [2.24, 2.45) is 7.05 Å². The molecule has 0 bridgehead atoms. The van der Waals surface area contributed by atoms with Crippen molar-refractivity contribution in [1.29, 1.82) is 0 Å². The van der Waals surface area contributed by atoms with Crippen LogP contribution in [0.4, 0.5) is 10.7 Å². The van der Waals surface area contributed by atoms with Crippen molar-refractivity contribution in [3.8, 4) is 0 Å². The van der Waals surface area contributed by atoms with Crippen LogP contribution >= 0.6 is 23.1 Å². The highest BCUT2D eigenvalue weighted by molar-refractivity contribution is 7.99. The molecule has 1 saturated heterocycles.